The van der Waals surface area contributed by atoms with Crippen LogP contribution in [0.5, 0.6) is 0 Å². The fourth-order valence-corrected chi connectivity index (χ4v) is 2.04. The number of benzene rings is 1. The van der Waals surface area contributed by atoms with Crippen molar-refractivity contribution in [1.82, 2.24) is 4.90 Å². The summed E-state index contributed by atoms with van der Waals surface area (Å²) < 4.78 is 0. The molecule has 0 aromatic heterocycles. The van der Waals surface area contributed by atoms with Gasteiger partial charge in [0.05, 0.1) is 0 Å². The number of rotatable bonds is 3. The molecule has 1 aliphatic rings. The Hall–Kier alpha value is -1.84. The van der Waals surface area contributed by atoms with Crippen LogP contribution in [0.15, 0.2) is 24.3 Å². The summed E-state index contributed by atoms with van der Waals surface area (Å²) in [5, 5.41) is 0. The smallest absolute Gasteiger partial charge is 0.320 e. The Bertz CT molecular complexity index is 443. The van der Waals surface area contributed by atoms with Gasteiger partial charge >= 0.3 is 6.03 Å². The van der Waals surface area contributed by atoms with Gasteiger partial charge in [0.1, 0.15) is 6.29 Å². The summed E-state index contributed by atoms with van der Waals surface area (Å²) in [6.07, 6.45) is 0.796. The number of urea groups is 1. The van der Waals surface area contributed by atoms with Gasteiger partial charge in [-0.1, -0.05) is 12.1 Å². The number of carbonyl (C=O) groups is 2. The average Bonchev–Trinajstić information content (AvgIpc) is 2.71. The molecular weight excluding hydrogens is 216 g/mol. The number of hydrogen-bond donors (Lipinski definition) is 0. The minimum atomic E-state index is 0.0167. The third kappa shape index (κ3) is 2.16. The van der Waals surface area contributed by atoms with Crippen molar-refractivity contribution < 1.29 is 9.59 Å². The summed E-state index contributed by atoms with van der Waals surface area (Å²) in [6, 6.07) is 7.36. The molecule has 0 saturated carbocycles. The molecule has 1 aromatic rings. The molecule has 0 atom stereocenters. The second-order valence-electron chi connectivity index (χ2n) is 4.43. The molecular formula is C13H16N2O2. The molecule has 0 aliphatic carbocycles. The molecule has 1 heterocycles. The highest BCUT2D eigenvalue weighted by Gasteiger charge is 2.30. The molecule has 4 heteroatoms. The molecule has 17 heavy (non-hydrogen) atoms. The van der Waals surface area contributed by atoms with Crippen molar-refractivity contribution in [2.75, 3.05) is 18.0 Å². The summed E-state index contributed by atoms with van der Waals surface area (Å²) in [5.74, 6) is 0. The highest BCUT2D eigenvalue weighted by atomic mass is 16.2. The van der Waals surface area contributed by atoms with Crippen LogP contribution in [0.3, 0.4) is 0 Å². The summed E-state index contributed by atoms with van der Waals surface area (Å²) in [4.78, 5) is 26.4. The van der Waals surface area contributed by atoms with Crippen LogP contribution in [0.1, 0.15) is 24.2 Å². The lowest BCUT2D eigenvalue weighted by atomic mass is 10.2. The Morgan fingerprint density at radius 3 is 2.65 bits per heavy atom. The van der Waals surface area contributed by atoms with Crippen LogP contribution in [0, 0.1) is 0 Å². The van der Waals surface area contributed by atoms with Crippen LogP contribution in [0.25, 0.3) is 0 Å². The van der Waals surface area contributed by atoms with Crippen molar-refractivity contribution in [2.45, 2.75) is 19.9 Å². The van der Waals surface area contributed by atoms with Gasteiger partial charge in [0.2, 0.25) is 0 Å². The first kappa shape index (κ1) is 11.6. The minimum absolute atomic E-state index is 0.0167. The lowest BCUT2D eigenvalue weighted by Gasteiger charge is -2.21. The molecule has 1 fully saturated rings. The van der Waals surface area contributed by atoms with Gasteiger partial charge in [0.25, 0.3) is 0 Å². The van der Waals surface area contributed by atoms with E-state index in [1.807, 2.05) is 24.8 Å². The van der Waals surface area contributed by atoms with E-state index in [1.54, 1.807) is 23.1 Å². The molecule has 0 radical (unpaired) electrons. The van der Waals surface area contributed by atoms with E-state index in [1.165, 1.54) is 0 Å². The minimum Gasteiger partial charge on any atom is -0.320 e. The van der Waals surface area contributed by atoms with E-state index >= 15 is 0 Å². The molecule has 0 bridgehead atoms. The van der Waals surface area contributed by atoms with Gasteiger partial charge in [0.15, 0.2) is 0 Å². The van der Waals surface area contributed by atoms with E-state index in [0.717, 1.165) is 18.5 Å². The first-order valence-electron chi connectivity index (χ1n) is 5.77. The van der Waals surface area contributed by atoms with Crippen LogP contribution in [-0.4, -0.2) is 36.3 Å². The Labute approximate surface area is 101 Å². The summed E-state index contributed by atoms with van der Waals surface area (Å²) in [6.45, 7) is 5.42. The van der Waals surface area contributed by atoms with Crippen LogP contribution >= 0.6 is 0 Å². The number of anilines is 1. The quantitative estimate of drug-likeness (QED) is 0.749. The van der Waals surface area contributed by atoms with E-state index in [4.69, 9.17) is 0 Å². The maximum absolute atomic E-state index is 12.1. The average molecular weight is 232 g/mol. The highest BCUT2D eigenvalue weighted by Crippen LogP contribution is 2.22. The molecule has 1 saturated heterocycles. The Morgan fingerprint density at radius 2 is 2.06 bits per heavy atom. The first-order valence-corrected chi connectivity index (χ1v) is 5.77. The molecule has 2 amide bonds. The van der Waals surface area contributed by atoms with Crippen LogP contribution in [0.2, 0.25) is 0 Å². The van der Waals surface area contributed by atoms with Crippen molar-refractivity contribution in [1.29, 1.82) is 0 Å². The third-order valence-corrected chi connectivity index (χ3v) is 2.98. The monoisotopic (exact) mass is 232 g/mol. The van der Waals surface area contributed by atoms with Gasteiger partial charge in [0, 0.05) is 30.4 Å². The molecule has 0 N–H and O–H groups in total. The number of carbonyl (C=O) groups excluding carboxylic acids is 2. The number of aldehydes is 1. The topological polar surface area (TPSA) is 40.6 Å². The fourth-order valence-electron chi connectivity index (χ4n) is 2.04. The second-order valence-corrected chi connectivity index (χ2v) is 4.43. The zero-order valence-corrected chi connectivity index (χ0v) is 10.1. The zero-order chi connectivity index (χ0) is 12.4. The van der Waals surface area contributed by atoms with Crippen molar-refractivity contribution in [2.24, 2.45) is 0 Å². The van der Waals surface area contributed by atoms with Gasteiger partial charge < -0.3 is 4.90 Å². The SMILES string of the molecule is CC(C)N1CCN(c2cccc(C=O)c2)C1=O. The van der Waals surface area contributed by atoms with Gasteiger partial charge in [-0.05, 0) is 26.0 Å². The fraction of sp³-hybridized carbons (Fsp3) is 0.385. The number of hydrogen-bond acceptors (Lipinski definition) is 2. The first-order chi connectivity index (χ1) is 8.13. The zero-order valence-electron chi connectivity index (χ0n) is 10.1. The largest absolute Gasteiger partial charge is 0.324 e. The van der Waals surface area contributed by atoms with E-state index < -0.39 is 0 Å². The standard InChI is InChI=1S/C13H16N2O2/c1-10(2)14-6-7-15(13(14)17)12-5-3-4-11(8-12)9-16/h3-5,8-10H,6-7H2,1-2H3. The highest BCUT2D eigenvalue weighted by molar-refractivity contribution is 5.95. The van der Waals surface area contributed by atoms with Gasteiger partial charge in [-0.25, -0.2) is 4.79 Å². The van der Waals surface area contributed by atoms with Crippen molar-refractivity contribution in [3.63, 3.8) is 0 Å². The molecule has 2 rings (SSSR count). The second kappa shape index (κ2) is 4.57. The van der Waals surface area contributed by atoms with E-state index in [-0.39, 0.29) is 12.1 Å². The van der Waals surface area contributed by atoms with Crippen molar-refractivity contribution in [3.05, 3.63) is 29.8 Å². The maximum atomic E-state index is 12.1. The number of amides is 2. The molecule has 1 aliphatic heterocycles. The van der Waals surface area contributed by atoms with Crippen LogP contribution in [-0.2, 0) is 0 Å². The molecule has 4 nitrogen and oxygen atoms in total. The van der Waals surface area contributed by atoms with Gasteiger partial charge in [-0.2, -0.15) is 0 Å². The van der Waals surface area contributed by atoms with Gasteiger partial charge in [-0.15, -0.1) is 0 Å². The number of nitrogens with zero attached hydrogens (tertiary/aromatic N) is 2. The van der Waals surface area contributed by atoms with E-state index in [0.29, 0.717) is 12.1 Å². The van der Waals surface area contributed by atoms with Crippen LogP contribution in [0.4, 0.5) is 10.5 Å². The molecule has 0 spiro atoms. The summed E-state index contributed by atoms with van der Waals surface area (Å²) in [5.41, 5.74) is 1.39. The molecule has 90 valence electrons. The van der Waals surface area contributed by atoms with Crippen molar-refractivity contribution >= 4 is 18.0 Å². The Balaban J connectivity index is 2.24. The maximum Gasteiger partial charge on any atom is 0.324 e. The molecule has 0 unspecified atom stereocenters. The normalized spacial score (nSPS) is 15.8. The van der Waals surface area contributed by atoms with E-state index in [2.05, 4.69) is 0 Å². The lowest BCUT2D eigenvalue weighted by Crippen LogP contribution is -2.36. The predicted molar refractivity (Wildman–Crippen MR) is 66.4 cm³/mol. The third-order valence-electron chi connectivity index (χ3n) is 2.98. The van der Waals surface area contributed by atoms with Gasteiger partial charge in [-0.3, -0.25) is 9.69 Å². The Kier molecular flexibility index (Phi) is 3.13. The summed E-state index contributed by atoms with van der Waals surface area (Å²) in [7, 11) is 0. The lowest BCUT2D eigenvalue weighted by molar-refractivity contribution is 0.112. The predicted octanol–water partition coefficient (Wildman–Crippen LogP) is 2.15. The van der Waals surface area contributed by atoms with Crippen molar-refractivity contribution in [3.8, 4) is 0 Å². The molecule has 1 aromatic carbocycles. The summed E-state index contributed by atoms with van der Waals surface area (Å²) >= 11 is 0. The van der Waals surface area contributed by atoms with Crippen LogP contribution < -0.4 is 4.90 Å². The Morgan fingerprint density at radius 1 is 1.29 bits per heavy atom. The van der Waals surface area contributed by atoms with E-state index in [9.17, 15) is 9.59 Å².